The summed E-state index contributed by atoms with van der Waals surface area (Å²) in [5.41, 5.74) is 3.42. The lowest BCUT2D eigenvalue weighted by Crippen LogP contribution is -2.23. The Morgan fingerprint density at radius 2 is 2.14 bits per heavy atom. The van der Waals surface area contributed by atoms with Crippen molar-refractivity contribution in [2.75, 3.05) is 7.11 Å². The van der Waals surface area contributed by atoms with Gasteiger partial charge in [0, 0.05) is 46.9 Å². The number of hydrogen-bond acceptors (Lipinski definition) is 6. The van der Waals surface area contributed by atoms with Crippen molar-refractivity contribution < 1.29 is 4.74 Å². The number of aromatic nitrogens is 3. The predicted molar refractivity (Wildman–Crippen MR) is 119 cm³/mol. The van der Waals surface area contributed by atoms with Crippen LogP contribution in [0.5, 0.6) is 5.75 Å². The Morgan fingerprint density at radius 3 is 2.83 bits per heavy atom. The van der Waals surface area contributed by atoms with E-state index in [2.05, 4.69) is 45.4 Å². The number of benzene rings is 1. The normalized spacial score (nSPS) is 12.2. The standard InChI is InChI=1S/C22H24N4OS2/c1-16-15-29-22(25-16)20(12-19-5-3-10-28-19)23-13-17-6-7-21(27-2)18(11-17)14-26-9-4-8-24-26/h3-11,15,20,23H,12-14H2,1-2H3/t20-/m0/s1. The molecule has 29 heavy (non-hydrogen) atoms. The number of aryl methyl sites for hydroxylation is 1. The minimum absolute atomic E-state index is 0.198. The summed E-state index contributed by atoms with van der Waals surface area (Å²) in [5, 5.41) is 13.4. The summed E-state index contributed by atoms with van der Waals surface area (Å²) in [5.74, 6) is 0.884. The van der Waals surface area contributed by atoms with E-state index in [9.17, 15) is 0 Å². The molecule has 0 radical (unpaired) electrons. The van der Waals surface area contributed by atoms with Crippen molar-refractivity contribution in [1.29, 1.82) is 0 Å². The van der Waals surface area contributed by atoms with Crippen molar-refractivity contribution in [3.05, 3.63) is 86.3 Å². The van der Waals surface area contributed by atoms with E-state index in [0.29, 0.717) is 6.54 Å². The second-order valence-corrected chi connectivity index (χ2v) is 8.82. The van der Waals surface area contributed by atoms with E-state index in [0.717, 1.165) is 35.0 Å². The Labute approximate surface area is 179 Å². The topological polar surface area (TPSA) is 52.0 Å². The first kappa shape index (κ1) is 19.8. The molecule has 0 saturated heterocycles. The predicted octanol–water partition coefficient (Wildman–Crippen LogP) is 4.84. The Bertz CT molecular complexity index is 1030. The number of rotatable bonds is 9. The van der Waals surface area contributed by atoms with Gasteiger partial charge in [0.1, 0.15) is 10.8 Å². The molecule has 0 aliphatic rings. The number of nitrogens with one attached hydrogen (secondary N) is 1. The monoisotopic (exact) mass is 424 g/mol. The van der Waals surface area contributed by atoms with Crippen LogP contribution < -0.4 is 10.1 Å². The van der Waals surface area contributed by atoms with Crippen LogP contribution in [0.4, 0.5) is 0 Å². The maximum absolute atomic E-state index is 5.55. The van der Waals surface area contributed by atoms with Crippen LogP contribution in [0, 0.1) is 6.92 Å². The SMILES string of the molecule is COc1ccc(CN[C@@H](Cc2cccs2)c2nc(C)cs2)cc1Cn1cccn1. The van der Waals surface area contributed by atoms with Crippen molar-refractivity contribution in [3.63, 3.8) is 0 Å². The lowest BCUT2D eigenvalue weighted by molar-refractivity contribution is 0.407. The number of nitrogens with zero attached hydrogens (tertiary/aromatic N) is 3. The van der Waals surface area contributed by atoms with Crippen molar-refractivity contribution in [1.82, 2.24) is 20.1 Å². The Balaban J connectivity index is 1.50. The van der Waals surface area contributed by atoms with Gasteiger partial charge < -0.3 is 10.1 Å². The average Bonchev–Trinajstić information content (AvgIpc) is 3.49. The smallest absolute Gasteiger partial charge is 0.123 e. The van der Waals surface area contributed by atoms with Crippen LogP contribution in [0.2, 0.25) is 0 Å². The van der Waals surface area contributed by atoms with Crippen molar-refractivity contribution in [2.24, 2.45) is 0 Å². The molecule has 0 spiro atoms. The van der Waals surface area contributed by atoms with E-state index in [1.165, 1.54) is 10.4 Å². The molecule has 3 aromatic heterocycles. The van der Waals surface area contributed by atoms with E-state index < -0.39 is 0 Å². The largest absolute Gasteiger partial charge is 0.496 e. The second-order valence-electron chi connectivity index (χ2n) is 6.89. The minimum atomic E-state index is 0.198. The third-order valence-corrected chi connectivity index (χ3v) is 6.68. The van der Waals surface area contributed by atoms with Gasteiger partial charge in [-0.2, -0.15) is 5.10 Å². The van der Waals surface area contributed by atoms with Crippen molar-refractivity contribution in [3.8, 4) is 5.75 Å². The molecule has 0 amide bonds. The summed E-state index contributed by atoms with van der Waals surface area (Å²) in [7, 11) is 1.71. The Morgan fingerprint density at radius 1 is 1.21 bits per heavy atom. The molecule has 1 aromatic carbocycles. The zero-order valence-corrected chi connectivity index (χ0v) is 18.2. The van der Waals surface area contributed by atoms with Gasteiger partial charge in [0.25, 0.3) is 0 Å². The molecule has 3 heterocycles. The lowest BCUT2D eigenvalue weighted by Gasteiger charge is -2.17. The summed E-state index contributed by atoms with van der Waals surface area (Å²) in [6, 6.07) is 12.8. The summed E-state index contributed by atoms with van der Waals surface area (Å²) < 4.78 is 7.46. The first-order valence-corrected chi connectivity index (χ1v) is 11.3. The molecule has 0 fully saturated rings. The maximum atomic E-state index is 5.55. The third kappa shape index (κ3) is 5.12. The number of hydrogen-bond donors (Lipinski definition) is 1. The fraction of sp³-hybridized carbons (Fsp3) is 0.273. The van der Waals surface area contributed by atoms with Gasteiger partial charge >= 0.3 is 0 Å². The van der Waals surface area contributed by atoms with Crippen LogP contribution in [0.3, 0.4) is 0 Å². The quantitative estimate of drug-likeness (QED) is 0.418. The summed E-state index contributed by atoms with van der Waals surface area (Å²) in [4.78, 5) is 6.09. The molecule has 0 unspecified atom stereocenters. The van der Waals surface area contributed by atoms with Crippen LogP contribution in [-0.4, -0.2) is 21.9 Å². The van der Waals surface area contributed by atoms with Crippen LogP contribution in [0.1, 0.15) is 32.7 Å². The molecular weight excluding hydrogens is 400 g/mol. The number of thiophene rings is 1. The van der Waals surface area contributed by atoms with E-state index in [4.69, 9.17) is 9.72 Å². The van der Waals surface area contributed by atoms with Gasteiger partial charge in [-0.3, -0.25) is 4.68 Å². The fourth-order valence-electron chi connectivity index (χ4n) is 3.28. The highest BCUT2D eigenvalue weighted by atomic mass is 32.1. The van der Waals surface area contributed by atoms with Crippen molar-refractivity contribution in [2.45, 2.75) is 32.5 Å². The van der Waals surface area contributed by atoms with E-state index in [1.807, 2.05) is 29.9 Å². The first-order valence-electron chi connectivity index (χ1n) is 9.52. The molecule has 1 atom stereocenters. The summed E-state index contributed by atoms with van der Waals surface area (Å²) in [6.07, 6.45) is 4.70. The molecule has 0 saturated carbocycles. The van der Waals surface area contributed by atoms with Crippen LogP contribution >= 0.6 is 22.7 Å². The summed E-state index contributed by atoms with van der Waals surface area (Å²) in [6.45, 7) is 3.51. The number of methoxy groups -OCH3 is 1. The summed E-state index contributed by atoms with van der Waals surface area (Å²) >= 11 is 3.52. The van der Waals surface area contributed by atoms with Crippen LogP contribution in [0.25, 0.3) is 0 Å². The number of thiazole rings is 1. The van der Waals surface area contributed by atoms with Gasteiger partial charge in [-0.05, 0) is 42.1 Å². The van der Waals surface area contributed by atoms with E-state index in [1.54, 1.807) is 36.0 Å². The fourth-order valence-corrected chi connectivity index (χ4v) is 4.91. The zero-order valence-electron chi connectivity index (χ0n) is 16.5. The molecule has 5 nitrogen and oxygen atoms in total. The molecule has 1 N–H and O–H groups in total. The highest BCUT2D eigenvalue weighted by Gasteiger charge is 2.16. The Kier molecular flexibility index (Phi) is 6.39. The van der Waals surface area contributed by atoms with Gasteiger partial charge in [0.15, 0.2) is 0 Å². The molecule has 0 aliphatic heterocycles. The molecule has 7 heteroatoms. The molecule has 150 valence electrons. The molecule has 4 rings (SSSR count). The maximum Gasteiger partial charge on any atom is 0.123 e. The molecule has 0 aliphatic carbocycles. The van der Waals surface area contributed by atoms with Crippen molar-refractivity contribution >= 4 is 22.7 Å². The van der Waals surface area contributed by atoms with Gasteiger partial charge in [-0.25, -0.2) is 4.98 Å². The van der Waals surface area contributed by atoms with E-state index in [-0.39, 0.29) is 6.04 Å². The first-order chi connectivity index (χ1) is 14.2. The average molecular weight is 425 g/mol. The van der Waals surface area contributed by atoms with E-state index >= 15 is 0 Å². The van der Waals surface area contributed by atoms with Crippen LogP contribution in [-0.2, 0) is 19.5 Å². The van der Waals surface area contributed by atoms with Crippen LogP contribution in [0.15, 0.2) is 59.6 Å². The van der Waals surface area contributed by atoms with Gasteiger partial charge in [-0.15, -0.1) is 22.7 Å². The molecular formula is C22H24N4OS2. The van der Waals surface area contributed by atoms with Gasteiger partial charge in [0.2, 0.25) is 0 Å². The minimum Gasteiger partial charge on any atom is -0.496 e. The second kappa shape index (κ2) is 9.35. The third-order valence-electron chi connectivity index (χ3n) is 4.71. The zero-order chi connectivity index (χ0) is 20.1. The highest BCUT2D eigenvalue weighted by Crippen LogP contribution is 2.26. The molecule has 4 aromatic rings. The molecule has 0 bridgehead atoms. The lowest BCUT2D eigenvalue weighted by atomic mass is 10.1. The van der Waals surface area contributed by atoms with Gasteiger partial charge in [0.05, 0.1) is 19.7 Å². The van der Waals surface area contributed by atoms with Gasteiger partial charge in [-0.1, -0.05) is 12.1 Å². The number of ether oxygens (including phenoxy) is 1. The highest BCUT2D eigenvalue weighted by molar-refractivity contribution is 7.10. The Hall–Kier alpha value is -2.48.